The van der Waals surface area contributed by atoms with Crippen molar-refractivity contribution in [3.05, 3.63) is 47.5 Å². The van der Waals surface area contributed by atoms with Crippen molar-refractivity contribution in [3.8, 4) is 0 Å². The number of aromatic nitrogens is 3. The Kier molecular flexibility index (Phi) is 4.97. The van der Waals surface area contributed by atoms with Crippen LogP contribution in [-0.2, 0) is 6.42 Å². The fraction of sp³-hybridized carbons (Fsp3) is 0.357. The van der Waals surface area contributed by atoms with E-state index < -0.39 is 0 Å². The fourth-order valence-corrected chi connectivity index (χ4v) is 1.90. The molecule has 0 radical (unpaired) electrons. The number of aryl methyl sites for hydroxylation is 2. The van der Waals surface area contributed by atoms with Gasteiger partial charge in [-0.1, -0.05) is 0 Å². The molecule has 4 N–H and O–H groups in total. The molecule has 2 aromatic rings. The van der Waals surface area contributed by atoms with E-state index in [1.54, 1.807) is 12.4 Å². The lowest BCUT2D eigenvalue weighted by molar-refractivity contribution is 0.576. The Morgan fingerprint density at radius 3 is 2.45 bits per heavy atom. The topological polar surface area (TPSA) is 88.8 Å². The van der Waals surface area contributed by atoms with Crippen LogP contribution in [-0.4, -0.2) is 27.8 Å². The number of hydrogen-bond donors (Lipinski definition) is 3. The van der Waals surface area contributed by atoms with Crippen LogP contribution in [0.2, 0.25) is 0 Å². The van der Waals surface area contributed by atoms with E-state index in [2.05, 4.69) is 25.6 Å². The largest absolute Gasteiger partial charge is 0.326 e. The number of rotatable bonds is 6. The Morgan fingerprint density at radius 1 is 1.15 bits per heavy atom. The van der Waals surface area contributed by atoms with E-state index in [0.29, 0.717) is 5.95 Å². The summed E-state index contributed by atoms with van der Waals surface area (Å²) in [5.41, 5.74) is 9.02. The molecule has 20 heavy (non-hydrogen) atoms. The van der Waals surface area contributed by atoms with Crippen molar-refractivity contribution >= 4 is 5.95 Å². The third-order valence-corrected chi connectivity index (χ3v) is 2.79. The van der Waals surface area contributed by atoms with Gasteiger partial charge in [0, 0.05) is 30.3 Å². The van der Waals surface area contributed by atoms with Crippen molar-refractivity contribution in [2.45, 2.75) is 26.6 Å². The van der Waals surface area contributed by atoms with Crippen LogP contribution in [0.1, 0.15) is 17.0 Å². The summed E-state index contributed by atoms with van der Waals surface area (Å²) >= 11 is 0. The molecule has 0 saturated carbocycles. The van der Waals surface area contributed by atoms with Crippen molar-refractivity contribution in [2.24, 2.45) is 5.73 Å². The van der Waals surface area contributed by atoms with E-state index >= 15 is 0 Å². The Bertz CT molecular complexity index is 522. The van der Waals surface area contributed by atoms with Crippen LogP contribution in [0.15, 0.2) is 30.6 Å². The summed E-state index contributed by atoms with van der Waals surface area (Å²) in [6.07, 6.45) is 4.09. The Balaban J connectivity index is 1.79. The average Bonchev–Trinajstić information content (AvgIpc) is 2.38. The van der Waals surface area contributed by atoms with Gasteiger partial charge in [-0.2, -0.15) is 0 Å². The van der Waals surface area contributed by atoms with Crippen molar-refractivity contribution in [1.82, 2.24) is 20.3 Å². The summed E-state index contributed by atoms with van der Waals surface area (Å²) in [6, 6.07) is 5.91. The van der Waals surface area contributed by atoms with Gasteiger partial charge in [-0.05, 0) is 44.0 Å². The molecule has 2 aromatic heterocycles. The summed E-state index contributed by atoms with van der Waals surface area (Å²) in [7, 11) is 0. The van der Waals surface area contributed by atoms with Gasteiger partial charge in [-0.3, -0.25) is 16.0 Å². The first-order valence-electron chi connectivity index (χ1n) is 6.60. The molecule has 1 unspecified atom stereocenters. The first kappa shape index (κ1) is 14.4. The van der Waals surface area contributed by atoms with Crippen molar-refractivity contribution < 1.29 is 0 Å². The van der Waals surface area contributed by atoms with Crippen LogP contribution < -0.4 is 16.4 Å². The minimum atomic E-state index is -0.377. The van der Waals surface area contributed by atoms with Gasteiger partial charge in [0.2, 0.25) is 5.95 Å². The van der Waals surface area contributed by atoms with Gasteiger partial charge in [0.05, 0.1) is 0 Å². The van der Waals surface area contributed by atoms with E-state index in [1.165, 1.54) is 5.56 Å². The zero-order valence-corrected chi connectivity index (χ0v) is 11.8. The molecule has 0 aliphatic heterocycles. The monoisotopic (exact) mass is 272 g/mol. The zero-order chi connectivity index (χ0) is 14.4. The molecule has 2 heterocycles. The van der Waals surface area contributed by atoms with Crippen LogP contribution >= 0.6 is 0 Å². The van der Waals surface area contributed by atoms with Gasteiger partial charge in [0.1, 0.15) is 6.29 Å². The predicted octanol–water partition coefficient (Wildman–Crippen LogP) is 0.975. The van der Waals surface area contributed by atoms with Crippen molar-refractivity contribution in [2.75, 3.05) is 11.9 Å². The van der Waals surface area contributed by atoms with Crippen molar-refractivity contribution in [3.63, 3.8) is 0 Å². The average molecular weight is 272 g/mol. The van der Waals surface area contributed by atoms with Crippen LogP contribution in [0, 0.1) is 13.8 Å². The van der Waals surface area contributed by atoms with Gasteiger partial charge >= 0.3 is 0 Å². The molecule has 0 amide bonds. The van der Waals surface area contributed by atoms with Gasteiger partial charge in [0.25, 0.3) is 0 Å². The normalized spacial score (nSPS) is 12.2. The quantitative estimate of drug-likeness (QED) is 0.679. The number of hydrogen-bond acceptors (Lipinski definition) is 6. The van der Waals surface area contributed by atoms with Gasteiger partial charge in [0.15, 0.2) is 0 Å². The molecule has 0 aromatic carbocycles. The molecular formula is C14H20N6. The van der Waals surface area contributed by atoms with E-state index in [1.807, 2.05) is 32.0 Å². The first-order valence-corrected chi connectivity index (χ1v) is 6.60. The molecular weight excluding hydrogens is 252 g/mol. The second-order valence-electron chi connectivity index (χ2n) is 4.66. The molecule has 0 aliphatic carbocycles. The second kappa shape index (κ2) is 6.93. The highest BCUT2D eigenvalue weighted by Crippen LogP contribution is 2.03. The number of pyridine rings is 1. The lowest BCUT2D eigenvalue weighted by atomic mass is 10.2. The minimum absolute atomic E-state index is 0.377. The molecule has 0 spiro atoms. The number of nitrogens with one attached hydrogen (secondary N) is 2. The summed E-state index contributed by atoms with van der Waals surface area (Å²) in [5.74, 6) is 0.548. The predicted molar refractivity (Wildman–Crippen MR) is 79.0 cm³/mol. The van der Waals surface area contributed by atoms with Crippen LogP contribution in [0.4, 0.5) is 5.95 Å². The number of nitrogens with zero attached hydrogens (tertiary/aromatic N) is 3. The minimum Gasteiger partial charge on any atom is -0.326 e. The molecule has 2 rings (SSSR count). The lowest BCUT2D eigenvalue weighted by Crippen LogP contribution is -2.45. The summed E-state index contributed by atoms with van der Waals surface area (Å²) in [6.45, 7) is 4.63. The highest BCUT2D eigenvalue weighted by atomic mass is 15.3. The molecule has 106 valence electrons. The molecule has 0 saturated heterocycles. The molecule has 0 fully saturated rings. The van der Waals surface area contributed by atoms with Crippen molar-refractivity contribution in [1.29, 1.82) is 0 Å². The number of anilines is 1. The number of nitrogens with two attached hydrogens (primary N) is 1. The van der Waals surface area contributed by atoms with E-state index in [4.69, 9.17) is 5.73 Å². The third-order valence-electron chi connectivity index (χ3n) is 2.79. The van der Waals surface area contributed by atoms with E-state index in [-0.39, 0.29) is 6.29 Å². The van der Waals surface area contributed by atoms with E-state index in [9.17, 15) is 0 Å². The summed E-state index contributed by atoms with van der Waals surface area (Å²) in [5, 5.41) is 6.23. The highest BCUT2D eigenvalue weighted by molar-refractivity contribution is 5.28. The van der Waals surface area contributed by atoms with Crippen LogP contribution in [0.5, 0.6) is 0 Å². The van der Waals surface area contributed by atoms with Gasteiger partial charge in [-0.15, -0.1) is 0 Å². The van der Waals surface area contributed by atoms with Gasteiger partial charge in [-0.25, -0.2) is 9.97 Å². The third kappa shape index (κ3) is 4.56. The first-order chi connectivity index (χ1) is 9.63. The fourth-order valence-electron chi connectivity index (χ4n) is 1.90. The molecule has 1 atom stereocenters. The van der Waals surface area contributed by atoms with Crippen LogP contribution in [0.25, 0.3) is 0 Å². The smallest absolute Gasteiger partial charge is 0.225 e. The maximum Gasteiger partial charge on any atom is 0.225 e. The molecule has 6 nitrogen and oxygen atoms in total. The van der Waals surface area contributed by atoms with Gasteiger partial charge < -0.3 is 5.32 Å². The Morgan fingerprint density at radius 2 is 1.80 bits per heavy atom. The lowest BCUT2D eigenvalue weighted by Gasteiger charge is -2.16. The maximum atomic E-state index is 5.96. The molecule has 0 aliphatic rings. The van der Waals surface area contributed by atoms with E-state index in [0.717, 1.165) is 24.4 Å². The summed E-state index contributed by atoms with van der Waals surface area (Å²) < 4.78 is 0. The molecule has 0 bridgehead atoms. The Hall–Kier alpha value is -2.05. The standard InChI is InChI=1S/C14H20N6/c1-10-9-11(2)19-14(18-10)20-13(15)17-8-5-12-3-6-16-7-4-12/h3-4,6-7,9,13,17H,5,8,15H2,1-2H3,(H,18,19,20). The van der Waals surface area contributed by atoms with Crippen LogP contribution in [0.3, 0.4) is 0 Å². The Labute approximate surface area is 118 Å². The molecule has 6 heteroatoms. The second-order valence-corrected chi connectivity index (χ2v) is 4.66. The zero-order valence-electron chi connectivity index (χ0n) is 11.8. The maximum absolute atomic E-state index is 5.96. The highest BCUT2D eigenvalue weighted by Gasteiger charge is 2.04. The summed E-state index contributed by atoms with van der Waals surface area (Å²) in [4.78, 5) is 12.6. The SMILES string of the molecule is Cc1cc(C)nc(NC(N)NCCc2ccncc2)n1.